The molecule has 0 aliphatic carbocycles. The zero-order valence-corrected chi connectivity index (χ0v) is 13.4. The van der Waals surface area contributed by atoms with E-state index in [-0.39, 0.29) is 5.92 Å². The lowest BCUT2D eigenvalue weighted by molar-refractivity contribution is -0.135. The molecule has 3 nitrogen and oxygen atoms in total. The van der Waals surface area contributed by atoms with Gasteiger partial charge in [-0.05, 0) is 24.8 Å². The quantitative estimate of drug-likeness (QED) is 0.831. The lowest BCUT2D eigenvalue weighted by Gasteiger charge is -2.25. The van der Waals surface area contributed by atoms with Crippen molar-refractivity contribution in [3.05, 3.63) is 35.9 Å². The van der Waals surface area contributed by atoms with Crippen molar-refractivity contribution in [2.75, 3.05) is 26.2 Å². The first-order chi connectivity index (χ1) is 10.2. The predicted octanol–water partition coefficient (Wildman–Crippen LogP) is 3.16. The molecule has 0 saturated carbocycles. The van der Waals surface area contributed by atoms with Crippen LogP contribution in [0.25, 0.3) is 0 Å². The summed E-state index contributed by atoms with van der Waals surface area (Å²) in [6.07, 6.45) is 3.00. The fraction of sp³-hybridized carbons (Fsp3) is 0.611. The summed E-state index contributed by atoms with van der Waals surface area (Å²) in [7, 11) is 0. The van der Waals surface area contributed by atoms with Crippen LogP contribution in [0.2, 0.25) is 0 Å². The molecule has 0 atom stereocenters. The Bertz CT molecular complexity index is 428. The summed E-state index contributed by atoms with van der Waals surface area (Å²) in [6.45, 7) is 9.09. The second-order valence-corrected chi connectivity index (χ2v) is 5.95. The summed E-state index contributed by atoms with van der Waals surface area (Å²) in [5.41, 5.74) is 1.36. The lowest BCUT2D eigenvalue weighted by Crippen LogP contribution is -2.38. The monoisotopic (exact) mass is 288 g/mol. The van der Waals surface area contributed by atoms with Crippen molar-refractivity contribution in [2.45, 2.75) is 39.7 Å². The maximum atomic E-state index is 12.5. The zero-order chi connectivity index (χ0) is 15.1. The van der Waals surface area contributed by atoms with Gasteiger partial charge in [-0.25, -0.2) is 0 Å². The summed E-state index contributed by atoms with van der Waals surface area (Å²) < 4.78 is 0. The highest BCUT2D eigenvalue weighted by atomic mass is 16.2. The smallest absolute Gasteiger partial charge is 0.225 e. The van der Waals surface area contributed by atoms with Crippen LogP contribution < -0.4 is 0 Å². The van der Waals surface area contributed by atoms with Crippen LogP contribution in [0.15, 0.2) is 30.3 Å². The molecule has 21 heavy (non-hydrogen) atoms. The molecular formula is C18H28N2O. The van der Waals surface area contributed by atoms with Crippen LogP contribution in [0.3, 0.4) is 0 Å². The normalized spacial score (nSPS) is 17.0. The van der Waals surface area contributed by atoms with E-state index < -0.39 is 0 Å². The number of amides is 1. The highest BCUT2D eigenvalue weighted by molar-refractivity contribution is 5.78. The fourth-order valence-corrected chi connectivity index (χ4v) is 3.09. The van der Waals surface area contributed by atoms with Crippen LogP contribution in [0.4, 0.5) is 0 Å². The zero-order valence-electron chi connectivity index (χ0n) is 13.4. The van der Waals surface area contributed by atoms with Crippen LogP contribution in [0.5, 0.6) is 0 Å². The van der Waals surface area contributed by atoms with Gasteiger partial charge in [0.2, 0.25) is 5.91 Å². The Kier molecular flexibility index (Phi) is 6.24. The average molecular weight is 288 g/mol. The molecule has 1 saturated heterocycles. The van der Waals surface area contributed by atoms with E-state index >= 15 is 0 Å². The molecule has 0 N–H and O–H groups in total. The van der Waals surface area contributed by atoms with E-state index in [0.29, 0.717) is 5.91 Å². The van der Waals surface area contributed by atoms with Gasteiger partial charge in [-0.3, -0.25) is 9.69 Å². The maximum absolute atomic E-state index is 12.5. The molecule has 0 aromatic heterocycles. The number of carbonyl (C=O) groups is 1. The van der Waals surface area contributed by atoms with E-state index in [2.05, 4.69) is 54.0 Å². The minimum atomic E-state index is 0.214. The van der Waals surface area contributed by atoms with Gasteiger partial charge in [0.1, 0.15) is 0 Å². The van der Waals surface area contributed by atoms with Gasteiger partial charge in [0.25, 0.3) is 0 Å². The Morgan fingerprint density at radius 2 is 1.76 bits per heavy atom. The number of rotatable bonds is 5. The molecule has 0 radical (unpaired) electrons. The first-order valence-corrected chi connectivity index (χ1v) is 8.29. The molecule has 0 spiro atoms. The molecule has 1 aliphatic rings. The first kappa shape index (κ1) is 16.0. The third kappa shape index (κ3) is 4.57. The summed E-state index contributed by atoms with van der Waals surface area (Å²) in [5.74, 6) is 0.576. The molecule has 1 fully saturated rings. The fourth-order valence-electron chi connectivity index (χ4n) is 3.09. The Balaban J connectivity index is 1.88. The Morgan fingerprint density at radius 3 is 2.43 bits per heavy atom. The molecule has 1 aromatic rings. The van der Waals surface area contributed by atoms with Crippen molar-refractivity contribution >= 4 is 5.91 Å². The third-order valence-electron chi connectivity index (χ3n) is 4.48. The standard InChI is InChI=1S/C18H28N2O/c1-3-17(4-2)18(21)20-12-8-11-19(13-14-20)15-16-9-6-5-7-10-16/h5-7,9-10,17H,3-4,8,11-15H2,1-2H3. The van der Waals surface area contributed by atoms with Crippen LogP contribution in [0, 0.1) is 5.92 Å². The van der Waals surface area contributed by atoms with E-state index in [1.165, 1.54) is 5.56 Å². The second kappa shape index (κ2) is 8.18. The van der Waals surface area contributed by atoms with E-state index in [9.17, 15) is 4.79 Å². The molecule has 1 aromatic carbocycles. The Hall–Kier alpha value is -1.35. The second-order valence-electron chi connectivity index (χ2n) is 5.95. The predicted molar refractivity (Wildman–Crippen MR) is 87.0 cm³/mol. The summed E-state index contributed by atoms with van der Waals surface area (Å²) in [4.78, 5) is 17.0. The van der Waals surface area contributed by atoms with Gasteiger partial charge in [0.15, 0.2) is 0 Å². The largest absolute Gasteiger partial charge is 0.341 e. The van der Waals surface area contributed by atoms with Crippen molar-refractivity contribution < 1.29 is 4.79 Å². The molecule has 116 valence electrons. The van der Waals surface area contributed by atoms with Gasteiger partial charge < -0.3 is 4.90 Å². The highest BCUT2D eigenvalue weighted by Crippen LogP contribution is 2.15. The van der Waals surface area contributed by atoms with Gasteiger partial charge in [0, 0.05) is 38.6 Å². The Labute approximate surface area is 128 Å². The number of benzene rings is 1. The molecule has 0 bridgehead atoms. The van der Waals surface area contributed by atoms with E-state index in [4.69, 9.17) is 0 Å². The average Bonchev–Trinajstić information content (AvgIpc) is 2.75. The molecule has 3 heteroatoms. The summed E-state index contributed by atoms with van der Waals surface area (Å²) in [5, 5.41) is 0. The van der Waals surface area contributed by atoms with Gasteiger partial charge >= 0.3 is 0 Å². The highest BCUT2D eigenvalue weighted by Gasteiger charge is 2.23. The van der Waals surface area contributed by atoms with E-state index in [1.54, 1.807) is 0 Å². The van der Waals surface area contributed by atoms with Crippen molar-refractivity contribution in [1.82, 2.24) is 9.80 Å². The summed E-state index contributed by atoms with van der Waals surface area (Å²) in [6, 6.07) is 10.6. The van der Waals surface area contributed by atoms with Crippen molar-refractivity contribution in [3.63, 3.8) is 0 Å². The van der Waals surface area contributed by atoms with Gasteiger partial charge in [0.05, 0.1) is 0 Å². The van der Waals surface area contributed by atoms with Crippen molar-refractivity contribution in [2.24, 2.45) is 5.92 Å². The molecule has 2 rings (SSSR count). The number of carbonyl (C=O) groups excluding carboxylic acids is 1. The Morgan fingerprint density at radius 1 is 1.05 bits per heavy atom. The van der Waals surface area contributed by atoms with Crippen LogP contribution >= 0.6 is 0 Å². The van der Waals surface area contributed by atoms with Crippen LogP contribution in [-0.2, 0) is 11.3 Å². The van der Waals surface area contributed by atoms with Gasteiger partial charge in [-0.2, -0.15) is 0 Å². The van der Waals surface area contributed by atoms with Crippen LogP contribution in [-0.4, -0.2) is 41.9 Å². The number of hydrogen-bond donors (Lipinski definition) is 0. The summed E-state index contributed by atoms with van der Waals surface area (Å²) >= 11 is 0. The topological polar surface area (TPSA) is 23.6 Å². The molecule has 1 aliphatic heterocycles. The first-order valence-electron chi connectivity index (χ1n) is 8.29. The van der Waals surface area contributed by atoms with E-state index in [1.807, 2.05) is 0 Å². The number of hydrogen-bond acceptors (Lipinski definition) is 2. The van der Waals surface area contributed by atoms with Crippen molar-refractivity contribution in [3.8, 4) is 0 Å². The van der Waals surface area contributed by atoms with Gasteiger partial charge in [-0.15, -0.1) is 0 Å². The third-order valence-corrected chi connectivity index (χ3v) is 4.48. The molecule has 1 heterocycles. The maximum Gasteiger partial charge on any atom is 0.225 e. The number of nitrogens with zero attached hydrogens (tertiary/aromatic N) is 2. The van der Waals surface area contributed by atoms with E-state index in [0.717, 1.165) is 52.0 Å². The minimum absolute atomic E-state index is 0.214. The molecule has 1 amide bonds. The van der Waals surface area contributed by atoms with Crippen LogP contribution in [0.1, 0.15) is 38.7 Å². The minimum Gasteiger partial charge on any atom is -0.341 e. The SMILES string of the molecule is CCC(CC)C(=O)N1CCCN(Cc2ccccc2)CC1. The molecule has 0 unspecified atom stereocenters. The van der Waals surface area contributed by atoms with Crippen molar-refractivity contribution in [1.29, 1.82) is 0 Å². The van der Waals surface area contributed by atoms with Gasteiger partial charge in [-0.1, -0.05) is 44.2 Å². The molecular weight excluding hydrogens is 260 g/mol. The lowest BCUT2D eigenvalue weighted by atomic mass is 10.0.